The van der Waals surface area contributed by atoms with Gasteiger partial charge in [-0.15, -0.1) is 0 Å². The third kappa shape index (κ3) is 2.58. The van der Waals surface area contributed by atoms with Crippen molar-refractivity contribution >= 4 is 10.8 Å². The van der Waals surface area contributed by atoms with Crippen LogP contribution in [-0.4, -0.2) is 31.1 Å². The maximum Gasteiger partial charge on any atom is 0.0453 e. The summed E-state index contributed by atoms with van der Waals surface area (Å²) in [6.45, 7) is 4.69. The van der Waals surface area contributed by atoms with Crippen LogP contribution in [0.15, 0.2) is 42.5 Å². The van der Waals surface area contributed by atoms with Crippen molar-refractivity contribution in [2.45, 2.75) is 31.8 Å². The van der Waals surface area contributed by atoms with Crippen LogP contribution in [0.5, 0.6) is 0 Å². The van der Waals surface area contributed by atoms with Crippen LogP contribution >= 0.6 is 0 Å². The number of hydrogen-bond donors (Lipinski definition) is 1. The molecule has 1 aliphatic heterocycles. The fourth-order valence-corrected chi connectivity index (χ4v) is 3.40. The Balaban J connectivity index is 1.91. The SMILES string of the molecule is CNC(CN1CCCC1C)c1cccc2ccccc12. The zero-order valence-electron chi connectivity index (χ0n) is 12.5. The van der Waals surface area contributed by atoms with Crippen LogP contribution in [0.3, 0.4) is 0 Å². The molecule has 0 aliphatic carbocycles. The van der Waals surface area contributed by atoms with Gasteiger partial charge in [-0.2, -0.15) is 0 Å². The van der Waals surface area contributed by atoms with Crippen LogP contribution in [0.4, 0.5) is 0 Å². The lowest BCUT2D eigenvalue weighted by atomic mass is 9.98. The number of nitrogens with zero attached hydrogens (tertiary/aromatic N) is 1. The van der Waals surface area contributed by atoms with E-state index in [1.54, 1.807) is 0 Å². The van der Waals surface area contributed by atoms with Crippen LogP contribution in [0, 0.1) is 0 Å². The summed E-state index contributed by atoms with van der Waals surface area (Å²) in [5, 5.41) is 6.23. The number of nitrogens with one attached hydrogen (secondary N) is 1. The van der Waals surface area contributed by atoms with E-state index in [9.17, 15) is 0 Å². The Labute approximate surface area is 121 Å². The van der Waals surface area contributed by atoms with Gasteiger partial charge in [0.05, 0.1) is 0 Å². The van der Waals surface area contributed by atoms with E-state index in [0.717, 1.165) is 12.6 Å². The highest BCUT2D eigenvalue weighted by molar-refractivity contribution is 5.86. The lowest BCUT2D eigenvalue weighted by molar-refractivity contribution is 0.242. The maximum atomic E-state index is 3.52. The van der Waals surface area contributed by atoms with E-state index in [1.807, 2.05) is 0 Å². The van der Waals surface area contributed by atoms with Gasteiger partial charge in [0, 0.05) is 18.6 Å². The maximum absolute atomic E-state index is 3.52. The van der Waals surface area contributed by atoms with E-state index < -0.39 is 0 Å². The molecule has 2 atom stereocenters. The van der Waals surface area contributed by atoms with Crippen molar-refractivity contribution in [3.63, 3.8) is 0 Å². The van der Waals surface area contributed by atoms with Crippen molar-refractivity contribution in [1.82, 2.24) is 10.2 Å². The van der Waals surface area contributed by atoms with E-state index in [-0.39, 0.29) is 0 Å². The van der Waals surface area contributed by atoms with Crippen molar-refractivity contribution in [3.8, 4) is 0 Å². The molecule has 2 aromatic rings. The second-order valence-electron chi connectivity index (χ2n) is 5.90. The second kappa shape index (κ2) is 5.94. The number of fused-ring (bicyclic) bond motifs is 1. The summed E-state index contributed by atoms with van der Waals surface area (Å²) < 4.78 is 0. The van der Waals surface area contributed by atoms with E-state index >= 15 is 0 Å². The average Bonchev–Trinajstić information content (AvgIpc) is 2.89. The highest BCUT2D eigenvalue weighted by Crippen LogP contribution is 2.27. The van der Waals surface area contributed by atoms with Crippen molar-refractivity contribution in [2.24, 2.45) is 0 Å². The van der Waals surface area contributed by atoms with Crippen molar-refractivity contribution in [1.29, 1.82) is 0 Å². The minimum atomic E-state index is 0.404. The van der Waals surface area contributed by atoms with Crippen LogP contribution in [0.25, 0.3) is 10.8 Å². The Bertz CT molecular complexity index is 573. The summed E-state index contributed by atoms with van der Waals surface area (Å²) in [5.41, 5.74) is 1.42. The topological polar surface area (TPSA) is 15.3 Å². The Hall–Kier alpha value is -1.38. The monoisotopic (exact) mass is 268 g/mol. The molecule has 0 bridgehead atoms. The highest BCUT2D eigenvalue weighted by Gasteiger charge is 2.24. The molecule has 0 saturated carbocycles. The van der Waals surface area contributed by atoms with Crippen LogP contribution < -0.4 is 5.32 Å². The van der Waals surface area contributed by atoms with Gasteiger partial charge in [0.25, 0.3) is 0 Å². The Morgan fingerprint density at radius 1 is 1.20 bits per heavy atom. The zero-order valence-corrected chi connectivity index (χ0v) is 12.5. The van der Waals surface area contributed by atoms with Crippen molar-refractivity contribution in [3.05, 3.63) is 48.0 Å². The highest BCUT2D eigenvalue weighted by atomic mass is 15.2. The van der Waals surface area contributed by atoms with Crippen LogP contribution in [-0.2, 0) is 0 Å². The molecule has 0 radical (unpaired) electrons. The third-order valence-electron chi connectivity index (χ3n) is 4.65. The van der Waals surface area contributed by atoms with Gasteiger partial charge in [0.1, 0.15) is 0 Å². The first kappa shape index (κ1) is 13.6. The largest absolute Gasteiger partial charge is 0.312 e. The van der Waals surface area contributed by atoms with Crippen molar-refractivity contribution < 1.29 is 0 Å². The van der Waals surface area contributed by atoms with Gasteiger partial charge in [0.2, 0.25) is 0 Å². The smallest absolute Gasteiger partial charge is 0.0453 e. The van der Waals surface area contributed by atoms with Gasteiger partial charge in [-0.3, -0.25) is 4.90 Å². The molecule has 1 saturated heterocycles. The predicted octanol–water partition coefficient (Wildman–Crippen LogP) is 3.58. The number of likely N-dealkylation sites (N-methyl/N-ethyl adjacent to an activating group) is 1. The molecular weight excluding hydrogens is 244 g/mol. The van der Waals surface area contributed by atoms with Gasteiger partial charge in [-0.05, 0) is 49.7 Å². The molecular formula is C18H24N2. The van der Waals surface area contributed by atoms with Gasteiger partial charge in [0.15, 0.2) is 0 Å². The minimum absolute atomic E-state index is 0.404. The number of benzene rings is 2. The number of rotatable bonds is 4. The normalized spacial score (nSPS) is 21.4. The first-order valence-corrected chi connectivity index (χ1v) is 7.68. The third-order valence-corrected chi connectivity index (χ3v) is 4.65. The summed E-state index contributed by atoms with van der Waals surface area (Å²) in [6, 6.07) is 16.5. The molecule has 3 rings (SSSR count). The zero-order chi connectivity index (χ0) is 13.9. The first-order chi connectivity index (χ1) is 9.79. The summed E-state index contributed by atoms with van der Waals surface area (Å²) in [5.74, 6) is 0. The van der Waals surface area contributed by atoms with E-state index in [4.69, 9.17) is 0 Å². The summed E-state index contributed by atoms with van der Waals surface area (Å²) >= 11 is 0. The molecule has 2 nitrogen and oxygen atoms in total. The van der Waals surface area contributed by atoms with Crippen LogP contribution in [0.2, 0.25) is 0 Å². The van der Waals surface area contributed by atoms with Gasteiger partial charge >= 0.3 is 0 Å². The fourth-order valence-electron chi connectivity index (χ4n) is 3.40. The summed E-state index contributed by atoms with van der Waals surface area (Å²) in [6.07, 6.45) is 2.68. The van der Waals surface area contributed by atoms with Gasteiger partial charge in [-0.25, -0.2) is 0 Å². The molecule has 0 spiro atoms. The first-order valence-electron chi connectivity index (χ1n) is 7.68. The Morgan fingerprint density at radius 2 is 2.00 bits per heavy atom. The van der Waals surface area contributed by atoms with Crippen LogP contribution in [0.1, 0.15) is 31.4 Å². The molecule has 1 N–H and O–H groups in total. The van der Waals surface area contributed by atoms with E-state index in [1.165, 1.54) is 35.7 Å². The summed E-state index contributed by atoms with van der Waals surface area (Å²) in [7, 11) is 2.08. The lowest BCUT2D eigenvalue weighted by Gasteiger charge is -2.27. The van der Waals surface area contributed by atoms with E-state index in [0.29, 0.717) is 6.04 Å². The lowest BCUT2D eigenvalue weighted by Crippen LogP contribution is -2.35. The fraction of sp³-hybridized carbons (Fsp3) is 0.444. The molecule has 0 amide bonds. The molecule has 1 aliphatic rings. The number of hydrogen-bond acceptors (Lipinski definition) is 2. The molecule has 106 valence electrons. The molecule has 2 aromatic carbocycles. The van der Waals surface area contributed by atoms with Gasteiger partial charge in [-0.1, -0.05) is 42.5 Å². The molecule has 1 heterocycles. The second-order valence-corrected chi connectivity index (χ2v) is 5.90. The number of likely N-dealkylation sites (tertiary alicyclic amines) is 1. The Morgan fingerprint density at radius 3 is 2.75 bits per heavy atom. The standard InChI is InChI=1S/C18H24N2/c1-14-7-6-12-20(14)13-18(19-2)17-11-5-9-15-8-3-4-10-16(15)17/h3-5,8-11,14,18-19H,6-7,12-13H2,1-2H3. The molecule has 2 heteroatoms. The molecule has 2 unspecified atom stereocenters. The average molecular weight is 268 g/mol. The molecule has 0 aromatic heterocycles. The molecule has 1 fully saturated rings. The van der Waals surface area contributed by atoms with E-state index in [2.05, 4.69) is 66.7 Å². The Kier molecular flexibility index (Phi) is 4.04. The van der Waals surface area contributed by atoms with Gasteiger partial charge < -0.3 is 5.32 Å². The molecule has 20 heavy (non-hydrogen) atoms. The van der Waals surface area contributed by atoms with Crippen molar-refractivity contribution in [2.75, 3.05) is 20.1 Å². The predicted molar refractivity (Wildman–Crippen MR) is 86.0 cm³/mol. The minimum Gasteiger partial charge on any atom is -0.312 e. The quantitative estimate of drug-likeness (QED) is 0.911. The summed E-state index contributed by atoms with van der Waals surface area (Å²) in [4.78, 5) is 2.61.